The molecule has 0 radical (unpaired) electrons. The molecule has 0 amide bonds. The smallest absolute Gasteiger partial charge is 0.0553 e. The van der Waals surface area contributed by atoms with Crippen LogP contribution in [0.1, 0.15) is 26.7 Å². The molecule has 0 bridgehead atoms. The van der Waals surface area contributed by atoms with Crippen LogP contribution in [-0.4, -0.2) is 8.07 Å². The van der Waals surface area contributed by atoms with E-state index in [4.69, 9.17) is 0 Å². The van der Waals surface area contributed by atoms with Gasteiger partial charge in [-0.1, -0.05) is 75.5 Å². The van der Waals surface area contributed by atoms with E-state index >= 15 is 0 Å². The third-order valence-corrected chi connectivity index (χ3v) is 13.0. The molecule has 124 valence electrons. The van der Waals surface area contributed by atoms with Gasteiger partial charge in [0, 0.05) is 0 Å². The zero-order valence-corrected chi connectivity index (χ0v) is 16.2. The van der Waals surface area contributed by atoms with Crippen molar-refractivity contribution in [3.8, 4) is 0 Å². The highest BCUT2D eigenvalue weighted by molar-refractivity contribution is 6.80. The van der Waals surface area contributed by atoms with Crippen molar-refractivity contribution in [2.24, 2.45) is 35.5 Å². The number of hydrogen-bond acceptors (Lipinski definition) is 0. The Balaban J connectivity index is 1.67. The summed E-state index contributed by atoms with van der Waals surface area (Å²) >= 11 is 0. The zero-order valence-electron chi connectivity index (χ0n) is 15.2. The van der Waals surface area contributed by atoms with Crippen LogP contribution in [-0.2, 0) is 0 Å². The van der Waals surface area contributed by atoms with Crippen LogP contribution in [0.3, 0.4) is 0 Å². The minimum Gasteiger partial charge on any atom is -0.0808 e. The fourth-order valence-corrected chi connectivity index (χ4v) is 13.5. The first kappa shape index (κ1) is 15.7. The van der Waals surface area contributed by atoms with Crippen molar-refractivity contribution in [3.05, 3.63) is 48.6 Å². The second kappa shape index (κ2) is 5.62. The number of allylic oxidation sites excluding steroid dienone is 8. The zero-order chi connectivity index (χ0) is 16.2. The molecule has 1 heteroatoms. The Kier molecular flexibility index (Phi) is 3.83. The van der Waals surface area contributed by atoms with E-state index in [1.807, 2.05) is 0 Å². The maximum absolute atomic E-state index is 2.73. The molecule has 0 heterocycles. The molecule has 6 unspecified atom stereocenters. The molecule has 2 saturated carbocycles. The van der Waals surface area contributed by atoms with Crippen molar-refractivity contribution in [2.45, 2.75) is 50.9 Å². The average molecular weight is 325 g/mol. The van der Waals surface area contributed by atoms with Crippen molar-refractivity contribution in [2.75, 3.05) is 0 Å². The average Bonchev–Trinajstić information content (AvgIpc) is 3.02. The lowest BCUT2D eigenvalue weighted by Gasteiger charge is -2.45. The van der Waals surface area contributed by atoms with Gasteiger partial charge in [0.1, 0.15) is 0 Å². The van der Waals surface area contributed by atoms with E-state index in [9.17, 15) is 0 Å². The summed E-state index contributed by atoms with van der Waals surface area (Å²) in [6.45, 7) is 10.6. The second-order valence-corrected chi connectivity index (χ2v) is 14.3. The Hall–Kier alpha value is -0.823. The summed E-state index contributed by atoms with van der Waals surface area (Å²) < 4.78 is 0. The van der Waals surface area contributed by atoms with Gasteiger partial charge in [0.05, 0.1) is 8.07 Å². The van der Waals surface area contributed by atoms with E-state index in [-0.39, 0.29) is 0 Å². The van der Waals surface area contributed by atoms with E-state index in [1.54, 1.807) is 0 Å². The molecule has 4 aliphatic carbocycles. The fourth-order valence-electron chi connectivity index (χ4n) is 7.18. The first-order valence-electron chi connectivity index (χ1n) is 9.70. The van der Waals surface area contributed by atoms with Crippen LogP contribution < -0.4 is 0 Å². The minimum atomic E-state index is -1.35. The van der Waals surface area contributed by atoms with E-state index in [2.05, 4.69) is 75.5 Å². The molecule has 8 atom stereocenters. The van der Waals surface area contributed by atoms with Crippen molar-refractivity contribution in [1.82, 2.24) is 0 Å². The van der Waals surface area contributed by atoms with Crippen LogP contribution >= 0.6 is 0 Å². The monoisotopic (exact) mass is 324 g/mol. The first-order chi connectivity index (χ1) is 11.0. The normalized spacial score (nSPS) is 47.8. The maximum atomic E-state index is 2.73. The van der Waals surface area contributed by atoms with Gasteiger partial charge >= 0.3 is 0 Å². The van der Waals surface area contributed by atoms with E-state index in [0.29, 0.717) is 0 Å². The Morgan fingerprint density at radius 1 is 0.652 bits per heavy atom. The molecular formula is C22H32Si. The van der Waals surface area contributed by atoms with Crippen LogP contribution in [0, 0.1) is 35.5 Å². The molecule has 4 aliphatic rings. The number of rotatable bonds is 2. The Morgan fingerprint density at radius 2 is 1.04 bits per heavy atom. The molecule has 0 saturated heterocycles. The highest BCUT2D eigenvalue weighted by atomic mass is 28.3. The van der Waals surface area contributed by atoms with Crippen molar-refractivity contribution >= 4 is 8.07 Å². The predicted octanol–water partition coefficient (Wildman–Crippen LogP) is 6.23. The molecular weight excluding hydrogens is 292 g/mol. The SMILES string of the molecule is C[C@@H]1CC2C=CC=CC2C1[Si](C)(C)C1C2C=CC=CC2C[C@@H]1C. The second-order valence-electron chi connectivity index (χ2n) is 9.32. The lowest BCUT2D eigenvalue weighted by Crippen LogP contribution is -2.45. The van der Waals surface area contributed by atoms with Gasteiger partial charge in [-0.15, -0.1) is 0 Å². The maximum Gasteiger partial charge on any atom is 0.0553 e. The van der Waals surface area contributed by atoms with Crippen LogP contribution in [0.4, 0.5) is 0 Å². The van der Waals surface area contributed by atoms with Crippen LogP contribution in [0.15, 0.2) is 48.6 Å². The minimum absolute atomic E-state index is 0.820. The largest absolute Gasteiger partial charge is 0.0808 e. The van der Waals surface area contributed by atoms with Gasteiger partial charge in [0.25, 0.3) is 0 Å². The lowest BCUT2D eigenvalue weighted by atomic mass is 9.91. The molecule has 0 aromatic carbocycles. The molecule has 23 heavy (non-hydrogen) atoms. The Bertz CT molecular complexity index is 529. The first-order valence-corrected chi connectivity index (χ1v) is 12.9. The highest BCUT2D eigenvalue weighted by Crippen LogP contribution is 2.62. The summed E-state index contributed by atoms with van der Waals surface area (Å²) in [5.41, 5.74) is 1.92. The molecule has 0 nitrogen and oxygen atoms in total. The summed E-state index contributed by atoms with van der Waals surface area (Å²) in [6.07, 6.45) is 22.1. The molecule has 4 rings (SSSR count). The molecule has 0 spiro atoms. The van der Waals surface area contributed by atoms with Gasteiger partial charge in [-0.2, -0.15) is 0 Å². The molecule has 0 N–H and O–H groups in total. The van der Waals surface area contributed by atoms with E-state index in [1.165, 1.54) is 12.8 Å². The van der Waals surface area contributed by atoms with Crippen molar-refractivity contribution < 1.29 is 0 Å². The molecule has 0 aliphatic heterocycles. The van der Waals surface area contributed by atoms with Crippen LogP contribution in [0.2, 0.25) is 24.2 Å². The van der Waals surface area contributed by atoms with Gasteiger partial charge in [0.2, 0.25) is 0 Å². The summed E-state index contributed by atoms with van der Waals surface area (Å²) in [7, 11) is -1.35. The molecule has 0 aromatic rings. The standard InChI is InChI=1S/C22H32Si/c1-15-13-17-9-5-7-11-19(17)21(15)23(3,4)22-16(2)14-18-10-6-8-12-20(18)22/h5-12,15-22H,13-14H2,1-4H3/t15-,16+,17?,18?,19?,20?,21?,22?. The topological polar surface area (TPSA) is 0 Å². The summed E-state index contributed by atoms with van der Waals surface area (Å²) in [4.78, 5) is 0. The third-order valence-electron chi connectivity index (χ3n) is 7.66. The van der Waals surface area contributed by atoms with Gasteiger partial charge < -0.3 is 0 Å². The third kappa shape index (κ3) is 2.38. The van der Waals surface area contributed by atoms with Gasteiger partial charge in [-0.3, -0.25) is 0 Å². The van der Waals surface area contributed by atoms with Crippen molar-refractivity contribution in [1.29, 1.82) is 0 Å². The summed E-state index contributed by atoms with van der Waals surface area (Å²) in [6, 6.07) is 0. The number of fused-ring (bicyclic) bond motifs is 2. The quantitative estimate of drug-likeness (QED) is 0.528. The predicted molar refractivity (Wildman–Crippen MR) is 103 cm³/mol. The van der Waals surface area contributed by atoms with Gasteiger partial charge in [-0.25, -0.2) is 0 Å². The van der Waals surface area contributed by atoms with Gasteiger partial charge in [-0.05, 0) is 59.4 Å². The summed E-state index contributed by atoms with van der Waals surface area (Å²) in [5, 5.41) is 0. The van der Waals surface area contributed by atoms with E-state index < -0.39 is 8.07 Å². The number of hydrogen-bond donors (Lipinski definition) is 0. The van der Waals surface area contributed by atoms with Gasteiger partial charge in [0.15, 0.2) is 0 Å². The molecule has 2 fully saturated rings. The van der Waals surface area contributed by atoms with Crippen molar-refractivity contribution in [3.63, 3.8) is 0 Å². The highest BCUT2D eigenvalue weighted by Gasteiger charge is 2.56. The van der Waals surface area contributed by atoms with Crippen LogP contribution in [0.25, 0.3) is 0 Å². The Morgan fingerprint density at radius 3 is 1.48 bits per heavy atom. The summed E-state index contributed by atoms with van der Waals surface area (Å²) in [5.74, 6) is 5.08. The van der Waals surface area contributed by atoms with Crippen LogP contribution in [0.5, 0.6) is 0 Å². The van der Waals surface area contributed by atoms with E-state index in [0.717, 1.165) is 46.6 Å². The fraction of sp³-hybridized carbons (Fsp3) is 0.636. The Labute approximate surface area is 143 Å². The lowest BCUT2D eigenvalue weighted by molar-refractivity contribution is 0.491. The molecule has 0 aromatic heterocycles.